The van der Waals surface area contributed by atoms with Crippen LogP contribution in [-0.4, -0.2) is 15.8 Å². The Balaban J connectivity index is 2.49. The van der Waals surface area contributed by atoms with Crippen LogP contribution < -0.4 is 0 Å². The molecule has 1 aromatic rings. The number of ketones is 1. The molecule has 0 bridgehead atoms. The molecule has 88 valence electrons. The first-order valence-electron chi connectivity index (χ1n) is 6.08. The number of unbranched alkanes of at least 4 members (excludes halogenated alkanes) is 1. The van der Waals surface area contributed by atoms with Crippen LogP contribution >= 0.6 is 0 Å². The zero-order chi connectivity index (χ0) is 11.8. The Bertz CT molecular complexity index is 311. The van der Waals surface area contributed by atoms with Crippen LogP contribution in [0.5, 0.6) is 0 Å². The molecule has 0 N–H and O–H groups in total. The summed E-state index contributed by atoms with van der Waals surface area (Å²) >= 11 is 0. The van der Waals surface area contributed by atoms with E-state index in [2.05, 4.69) is 23.8 Å². The molecule has 3 heteroatoms. The lowest BCUT2D eigenvalue weighted by Gasteiger charge is -2.12. The van der Waals surface area contributed by atoms with Crippen LogP contribution in [-0.2, 0) is 0 Å². The van der Waals surface area contributed by atoms with Gasteiger partial charge in [0.2, 0.25) is 0 Å². The number of rotatable bonds is 7. The molecular weight excluding hydrogens is 200 g/mol. The number of Topliss-reactive ketones (excluding diaryl/α,β-unsaturated/α-hetero) is 1. The highest BCUT2D eigenvalue weighted by Gasteiger charge is 2.14. The van der Waals surface area contributed by atoms with Crippen molar-refractivity contribution in [2.45, 2.75) is 46.0 Å². The smallest absolute Gasteiger partial charge is 0.200 e. The van der Waals surface area contributed by atoms with E-state index in [1.807, 2.05) is 0 Å². The number of carbonyl (C=O) groups excluding carboxylic acids is 1. The molecule has 0 aliphatic rings. The van der Waals surface area contributed by atoms with Crippen LogP contribution in [0.25, 0.3) is 0 Å². The minimum Gasteiger partial charge on any atom is -0.291 e. The largest absolute Gasteiger partial charge is 0.291 e. The molecule has 0 fully saturated rings. The van der Waals surface area contributed by atoms with E-state index in [1.54, 1.807) is 18.5 Å². The highest BCUT2D eigenvalue weighted by atomic mass is 16.1. The second kappa shape index (κ2) is 7.09. The van der Waals surface area contributed by atoms with E-state index in [0.717, 1.165) is 12.8 Å². The zero-order valence-electron chi connectivity index (χ0n) is 10.1. The van der Waals surface area contributed by atoms with Crippen molar-refractivity contribution in [1.29, 1.82) is 0 Å². The number of aromatic nitrogens is 2. The molecule has 1 aromatic heterocycles. The lowest BCUT2D eigenvalue weighted by molar-refractivity contribution is 0.0946. The van der Waals surface area contributed by atoms with Gasteiger partial charge in [-0.25, -0.2) is 9.97 Å². The lowest BCUT2D eigenvalue weighted by atomic mass is 9.93. The summed E-state index contributed by atoms with van der Waals surface area (Å²) in [7, 11) is 0. The minimum atomic E-state index is 0.0727. The van der Waals surface area contributed by atoms with Crippen LogP contribution in [0.15, 0.2) is 18.5 Å². The fourth-order valence-corrected chi connectivity index (χ4v) is 1.74. The van der Waals surface area contributed by atoms with Gasteiger partial charge in [0.15, 0.2) is 11.6 Å². The average molecular weight is 220 g/mol. The minimum absolute atomic E-state index is 0.0727. The Morgan fingerprint density at radius 3 is 2.56 bits per heavy atom. The standard InChI is InChI=1S/C13H20N2O/c1-3-5-7-11(4-2)10-12(16)13-14-8-6-9-15-13/h6,8-9,11H,3-5,7,10H2,1-2H3. The Hall–Kier alpha value is -1.25. The van der Waals surface area contributed by atoms with Gasteiger partial charge in [-0.1, -0.05) is 39.5 Å². The van der Waals surface area contributed by atoms with Crippen molar-refractivity contribution in [1.82, 2.24) is 9.97 Å². The molecule has 0 saturated carbocycles. The Kier molecular flexibility index (Phi) is 5.68. The van der Waals surface area contributed by atoms with Gasteiger partial charge in [0.05, 0.1) is 0 Å². The van der Waals surface area contributed by atoms with Gasteiger partial charge in [0, 0.05) is 18.8 Å². The lowest BCUT2D eigenvalue weighted by Crippen LogP contribution is -2.11. The fraction of sp³-hybridized carbons (Fsp3) is 0.615. The molecule has 0 spiro atoms. The van der Waals surface area contributed by atoms with Crippen LogP contribution in [0.3, 0.4) is 0 Å². The first-order valence-corrected chi connectivity index (χ1v) is 6.08. The Morgan fingerprint density at radius 2 is 2.00 bits per heavy atom. The van der Waals surface area contributed by atoms with E-state index in [4.69, 9.17) is 0 Å². The van der Waals surface area contributed by atoms with E-state index in [0.29, 0.717) is 18.2 Å². The molecule has 1 unspecified atom stereocenters. The molecule has 1 heterocycles. The molecule has 0 saturated heterocycles. The van der Waals surface area contributed by atoms with Gasteiger partial charge in [0.1, 0.15) is 0 Å². The van der Waals surface area contributed by atoms with Gasteiger partial charge < -0.3 is 0 Å². The second-order valence-electron chi connectivity index (χ2n) is 4.12. The SMILES string of the molecule is CCCCC(CC)CC(=O)c1ncccn1. The molecule has 3 nitrogen and oxygen atoms in total. The van der Waals surface area contributed by atoms with Crippen LogP contribution in [0.1, 0.15) is 56.6 Å². The second-order valence-corrected chi connectivity index (χ2v) is 4.12. The van der Waals surface area contributed by atoms with Crippen molar-refractivity contribution in [3.05, 3.63) is 24.3 Å². The maximum absolute atomic E-state index is 11.9. The predicted molar refractivity (Wildman–Crippen MR) is 64.3 cm³/mol. The van der Waals surface area contributed by atoms with Gasteiger partial charge in [0.25, 0.3) is 0 Å². The van der Waals surface area contributed by atoms with Crippen molar-refractivity contribution >= 4 is 5.78 Å². The first kappa shape index (κ1) is 12.8. The summed E-state index contributed by atoms with van der Waals surface area (Å²) in [5.41, 5.74) is 0. The molecule has 0 aliphatic carbocycles. The van der Waals surface area contributed by atoms with Crippen molar-refractivity contribution in [2.24, 2.45) is 5.92 Å². The Morgan fingerprint density at radius 1 is 1.31 bits per heavy atom. The number of hydrogen-bond acceptors (Lipinski definition) is 3. The number of hydrogen-bond donors (Lipinski definition) is 0. The number of nitrogens with zero attached hydrogens (tertiary/aromatic N) is 2. The summed E-state index contributed by atoms with van der Waals surface area (Å²) in [6, 6.07) is 1.73. The summed E-state index contributed by atoms with van der Waals surface area (Å²) in [5, 5.41) is 0. The summed E-state index contributed by atoms with van der Waals surface area (Å²) in [6.07, 6.45) is 8.39. The first-order chi connectivity index (χ1) is 7.77. The molecule has 1 rings (SSSR count). The predicted octanol–water partition coefficient (Wildman–Crippen LogP) is 3.27. The van der Waals surface area contributed by atoms with Gasteiger partial charge >= 0.3 is 0 Å². The maximum atomic E-state index is 11.9. The highest BCUT2D eigenvalue weighted by Crippen LogP contribution is 2.18. The monoisotopic (exact) mass is 220 g/mol. The molecule has 1 atom stereocenters. The van der Waals surface area contributed by atoms with Gasteiger partial charge in [-0.05, 0) is 12.0 Å². The van der Waals surface area contributed by atoms with E-state index in [-0.39, 0.29) is 5.78 Å². The van der Waals surface area contributed by atoms with E-state index < -0.39 is 0 Å². The topological polar surface area (TPSA) is 42.9 Å². The normalized spacial score (nSPS) is 12.4. The van der Waals surface area contributed by atoms with Gasteiger partial charge in [-0.3, -0.25) is 4.79 Å². The van der Waals surface area contributed by atoms with E-state index >= 15 is 0 Å². The quantitative estimate of drug-likeness (QED) is 0.662. The van der Waals surface area contributed by atoms with Crippen molar-refractivity contribution < 1.29 is 4.79 Å². The van der Waals surface area contributed by atoms with Crippen molar-refractivity contribution in [2.75, 3.05) is 0 Å². The summed E-state index contributed by atoms with van der Waals surface area (Å²) in [5.74, 6) is 0.914. The summed E-state index contributed by atoms with van der Waals surface area (Å²) in [6.45, 7) is 4.31. The van der Waals surface area contributed by atoms with Gasteiger partial charge in [-0.15, -0.1) is 0 Å². The highest BCUT2D eigenvalue weighted by molar-refractivity contribution is 5.92. The van der Waals surface area contributed by atoms with Crippen LogP contribution in [0, 0.1) is 5.92 Å². The van der Waals surface area contributed by atoms with Crippen LogP contribution in [0.4, 0.5) is 0 Å². The van der Waals surface area contributed by atoms with E-state index in [9.17, 15) is 4.79 Å². The molecule has 0 aromatic carbocycles. The molecular formula is C13H20N2O. The Labute approximate surface area is 97.3 Å². The zero-order valence-corrected chi connectivity index (χ0v) is 10.1. The molecule has 16 heavy (non-hydrogen) atoms. The third-order valence-electron chi connectivity index (χ3n) is 2.83. The third kappa shape index (κ3) is 4.09. The summed E-state index contributed by atoms with van der Waals surface area (Å²) in [4.78, 5) is 19.8. The maximum Gasteiger partial charge on any atom is 0.200 e. The van der Waals surface area contributed by atoms with Crippen molar-refractivity contribution in [3.8, 4) is 0 Å². The van der Waals surface area contributed by atoms with Crippen LogP contribution in [0.2, 0.25) is 0 Å². The van der Waals surface area contributed by atoms with Gasteiger partial charge in [-0.2, -0.15) is 0 Å². The van der Waals surface area contributed by atoms with E-state index in [1.165, 1.54) is 12.8 Å². The molecule has 0 aliphatic heterocycles. The molecule has 0 amide bonds. The number of carbonyl (C=O) groups is 1. The van der Waals surface area contributed by atoms with Crippen molar-refractivity contribution in [3.63, 3.8) is 0 Å². The molecule has 0 radical (unpaired) electrons. The average Bonchev–Trinajstić information content (AvgIpc) is 2.35. The fourth-order valence-electron chi connectivity index (χ4n) is 1.74. The summed E-state index contributed by atoms with van der Waals surface area (Å²) < 4.78 is 0. The third-order valence-corrected chi connectivity index (χ3v) is 2.83.